The molecule has 72 valence electrons. The third-order valence-electron chi connectivity index (χ3n) is 2.46. The van der Waals surface area contributed by atoms with Gasteiger partial charge in [0, 0.05) is 6.42 Å². The number of ketones is 1. The van der Waals surface area contributed by atoms with Gasteiger partial charge in [0.25, 0.3) is 0 Å². The normalized spacial score (nSPS) is 37.2. The molecule has 0 aromatic carbocycles. The number of hydrogen-bond acceptors (Lipinski definition) is 3. The molecule has 2 saturated heterocycles. The third-order valence-corrected chi connectivity index (χ3v) is 4.83. The maximum atomic E-state index is 11.5. The van der Waals surface area contributed by atoms with Gasteiger partial charge in [-0.15, -0.1) is 11.8 Å². The Morgan fingerprint density at radius 1 is 1.77 bits per heavy atom. The van der Waals surface area contributed by atoms with E-state index in [0.717, 1.165) is 0 Å². The van der Waals surface area contributed by atoms with Crippen molar-refractivity contribution in [3.63, 3.8) is 0 Å². The third kappa shape index (κ3) is 1.32. The van der Waals surface area contributed by atoms with Crippen LogP contribution >= 0.6 is 27.7 Å². The Balaban J connectivity index is 2.16. The van der Waals surface area contributed by atoms with Crippen molar-refractivity contribution in [1.29, 1.82) is 0 Å². The first-order chi connectivity index (χ1) is 6.15. The number of nitrogens with zero attached hydrogens (tertiary/aromatic N) is 1. The van der Waals surface area contributed by atoms with Gasteiger partial charge in [0.1, 0.15) is 6.04 Å². The second-order valence-corrected chi connectivity index (χ2v) is 6.13. The molecule has 2 aliphatic rings. The Bertz CT molecular complexity index is 271. The number of carbonyl (C=O) groups is 2. The minimum absolute atomic E-state index is 0.0939. The topological polar surface area (TPSA) is 37.4 Å². The molecule has 1 amide bonds. The first kappa shape index (κ1) is 9.52. The summed E-state index contributed by atoms with van der Waals surface area (Å²) in [6.07, 6.45) is 1.10. The average Bonchev–Trinajstić information content (AvgIpc) is 2.36. The zero-order valence-electron chi connectivity index (χ0n) is 7.20. The number of halogens is 1. The van der Waals surface area contributed by atoms with Crippen LogP contribution in [0.4, 0.5) is 0 Å². The van der Waals surface area contributed by atoms with Crippen LogP contribution in [0.1, 0.15) is 19.8 Å². The molecule has 2 heterocycles. The van der Waals surface area contributed by atoms with Crippen LogP contribution in [-0.4, -0.2) is 32.2 Å². The van der Waals surface area contributed by atoms with Gasteiger partial charge in [-0.3, -0.25) is 9.59 Å². The van der Waals surface area contributed by atoms with Crippen LogP contribution in [0.25, 0.3) is 0 Å². The molecule has 0 saturated carbocycles. The molecule has 3 nitrogen and oxygen atoms in total. The second kappa shape index (κ2) is 3.28. The van der Waals surface area contributed by atoms with E-state index in [9.17, 15) is 9.59 Å². The lowest BCUT2D eigenvalue weighted by molar-refractivity contribution is -0.147. The van der Waals surface area contributed by atoms with Gasteiger partial charge in [-0.1, -0.05) is 22.9 Å². The second-order valence-electron chi connectivity index (χ2n) is 3.21. The summed E-state index contributed by atoms with van der Waals surface area (Å²) in [4.78, 5) is 24.5. The van der Waals surface area contributed by atoms with Crippen molar-refractivity contribution >= 4 is 39.4 Å². The highest BCUT2D eigenvalue weighted by Gasteiger charge is 2.52. The van der Waals surface area contributed by atoms with Crippen LogP contribution in [0.15, 0.2) is 0 Å². The van der Waals surface area contributed by atoms with Crippen molar-refractivity contribution in [3.05, 3.63) is 0 Å². The number of β-lactam (4-membered cyclic amide) rings is 1. The van der Waals surface area contributed by atoms with Crippen LogP contribution in [0.3, 0.4) is 0 Å². The van der Waals surface area contributed by atoms with Gasteiger partial charge >= 0.3 is 0 Å². The molecule has 0 aromatic rings. The highest BCUT2D eigenvalue weighted by Crippen LogP contribution is 2.46. The van der Waals surface area contributed by atoms with E-state index in [-0.39, 0.29) is 27.3 Å². The van der Waals surface area contributed by atoms with Crippen LogP contribution in [-0.2, 0) is 9.59 Å². The predicted octanol–water partition coefficient (Wildman–Crippen LogP) is 1.36. The average molecular weight is 264 g/mol. The van der Waals surface area contributed by atoms with Gasteiger partial charge in [-0.05, 0) is 0 Å². The Morgan fingerprint density at radius 2 is 2.46 bits per heavy atom. The van der Waals surface area contributed by atoms with E-state index in [1.165, 1.54) is 0 Å². The van der Waals surface area contributed by atoms with Crippen LogP contribution < -0.4 is 0 Å². The zero-order chi connectivity index (χ0) is 9.59. The minimum atomic E-state index is -0.221. The molecule has 5 heteroatoms. The molecule has 0 spiro atoms. The van der Waals surface area contributed by atoms with Crippen LogP contribution in [0, 0.1) is 0 Å². The molecule has 2 rings (SSSR count). The Kier molecular flexibility index (Phi) is 2.40. The van der Waals surface area contributed by atoms with Crippen molar-refractivity contribution in [3.8, 4) is 0 Å². The van der Waals surface area contributed by atoms with Crippen molar-refractivity contribution < 1.29 is 9.59 Å². The van der Waals surface area contributed by atoms with E-state index in [1.807, 2.05) is 6.92 Å². The highest BCUT2D eigenvalue weighted by molar-refractivity contribution is 9.11. The van der Waals surface area contributed by atoms with Crippen LogP contribution in [0.2, 0.25) is 0 Å². The van der Waals surface area contributed by atoms with Gasteiger partial charge in [-0.2, -0.15) is 0 Å². The molecule has 13 heavy (non-hydrogen) atoms. The van der Waals surface area contributed by atoms with E-state index >= 15 is 0 Å². The predicted molar refractivity (Wildman–Crippen MR) is 54.6 cm³/mol. The summed E-state index contributed by atoms with van der Waals surface area (Å²) in [7, 11) is 0. The molecule has 2 unspecified atom stereocenters. The monoisotopic (exact) mass is 263 g/mol. The fraction of sp³-hybridized carbons (Fsp3) is 0.750. The summed E-state index contributed by atoms with van der Waals surface area (Å²) < 4.78 is 0.0939. The number of Topliss-reactive ketones (excluding diaryl/α,β-unsaturated/α-hetero) is 1. The lowest BCUT2D eigenvalue weighted by Crippen LogP contribution is -2.54. The van der Waals surface area contributed by atoms with E-state index in [1.54, 1.807) is 16.7 Å². The molecule has 0 aliphatic carbocycles. The molecule has 0 bridgehead atoms. The van der Waals surface area contributed by atoms with Gasteiger partial charge in [-0.25, -0.2) is 0 Å². The number of alkyl halides is 1. The summed E-state index contributed by atoms with van der Waals surface area (Å²) in [6.45, 7) is 1.84. The quantitative estimate of drug-likeness (QED) is 0.558. The molecule has 0 N–H and O–H groups in total. The molecular weight excluding hydrogens is 254 g/mol. The van der Waals surface area contributed by atoms with Crippen molar-refractivity contribution in [1.82, 2.24) is 4.90 Å². The number of rotatable bonds is 2. The molecule has 3 atom stereocenters. The molecule has 2 fully saturated rings. The first-order valence-corrected chi connectivity index (χ1v) is 6.14. The van der Waals surface area contributed by atoms with E-state index in [0.29, 0.717) is 12.8 Å². The van der Waals surface area contributed by atoms with Crippen molar-refractivity contribution in [2.45, 2.75) is 35.3 Å². The van der Waals surface area contributed by atoms with E-state index in [4.69, 9.17) is 0 Å². The van der Waals surface area contributed by atoms with Crippen molar-refractivity contribution in [2.75, 3.05) is 0 Å². The number of amides is 1. The van der Waals surface area contributed by atoms with Gasteiger partial charge < -0.3 is 4.90 Å². The zero-order valence-corrected chi connectivity index (χ0v) is 9.60. The number of fused-ring (bicyclic) bond motifs is 1. The fourth-order valence-corrected chi connectivity index (χ4v) is 4.36. The molecule has 0 aromatic heterocycles. The van der Waals surface area contributed by atoms with E-state index < -0.39 is 0 Å². The summed E-state index contributed by atoms with van der Waals surface area (Å²) in [5.41, 5.74) is 0. The Morgan fingerprint density at radius 3 is 3.00 bits per heavy atom. The Hall–Kier alpha value is -0.0300. The van der Waals surface area contributed by atoms with Gasteiger partial charge in [0.2, 0.25) is 5.91 Å². The molecule has 0 radical (unpaired) electrons. The number of carbonyl (C=O) groups excluding carboxylic acids is 2. The molecule has 2 aliphatic heterocycles. The lowest BCUT2D eigenvalue weighted by atomic mass is 10.1. The van der Waals surface area contributed by atoms with Crippen LogP contribution in [0.5, 0.6) is 0 Å². The minimum Gasteiger partial charge on any atom is -0.318 e. The Labute approximate surface area is 89.4 Å². The maximum Gasteiger partial charge on any atom is 0.227 e. The number of hydrogen-bond donors (Lipinski definition) is 0. The lowest BCUT2D eigenvalue weighted by Gasteiger charge is -2.36. The van der Waals surface area contributed by atoms with Gasteiger partial charge in [0.15, 0.2) is 5.78 Å². The smallest absolute Gasteiger partial charge is 0.227 e. The standard InChI is InChI=1S/C8H10BrNO2S/c1-2-4(11)7-8(9)13-6-3-5(12)10(6)7/h6-8H,2-3H2,1H3/t6-,7?,8?/m1/s1. The van der Waals surface area contributed by atoms with E-state index in [2.05, 4.69) is 15.9 Å². The SMILES string of the molecule is CCC(=O)C1C(Br)S[C@@H]2CC(=O)N12. The van der Waals surface area contributed by atoms with Crippen molar-refractivity contribution in [2.24, 2.45) is 0 Å². The largest absolute Gasteiger partial charge is 0.318 e. The summed E-state index contributed by atoms with van der Waals surface area (Å²) in [5, 5.41) is 0.248. The first-order valence-electron chi connectivity index (χ1n) is 4.28. The maximum absolute atomic E-state index is 11.5. The summed E-state index contributed by atoms with van der Waals surface area (Å²) in [6, 6.07) is -0.221. The molecular formula is C8H10BrNO2S. The summed E-state index contributed by atoms with van der Waals surface area (Å²) >= 11 is 5.11. The highest BCUT2D eigenvalue weighted by atomic mass is 79.9. The fourth-order valence-electron chi connectivity index (χ4n) is 1.71. The number of thioether (sulfide) groups is 1. The summed E-state index contributed by atoms with van der Waals surface area (Å²) in [5.74, 6) is 0.274. The van der Waals surface area contributed by atoms with Gasteiger partial charge in [0.05, 0.1) is 16.0 Å².